The third-order valence-electron chi connectivity index (χ3n) is 3.63. The maximum Gasteiger partial charge on any atom is 0.231 e. The zero-order valence-electron chi connectivity index (χ0n) is 12.6. The Morgan fingerprint density at radius 1 is 1.30 bits per heavy atom. The van der Waals surface area contributed by atoms with Crippen molar-refractivity contribution in [1.82, 2.24) is 15.3 Å². The molecule has 0 spiro atoms. The summed E-state index contributed by atoms with van der Waals surface area (Å²) in [5, 5.41) is 3.44. The SMILES string of the molecule is CCN(CC1CCCNC1)c1nc(OC)cc(OC)n1. The molecular formula is C14H24N4O2. The molecule has 2 rings (SSSR count). The van der Waals surface area contributed by atoms with Gasteiger partial charge in [-0.15, -0.1) is 0 Å². The molecule has 1 aliphatic rings. The summed E-state index contributed by atoms with van der Waals surface area (Å²) in [6.07, 6.45) is 2.50. The molecule has 112 valence electrons. The van der Waals surface area contributed by atoms with E-state index in [4.69, 9.17) is 9.47 Å². The average molecular weight is 280 g/mol. The molecule has 1 aromatic rings. The smallest absolute Gasteiger partial charge is 0.231 e. The molecule has 0 saturated carbocycles. The predicted molar refractivity (Wildman–Crippen MR) is 78.6 cm³/mol. The van der Waals surface area contributed by atoms with Crippen LogP contribution in [0.15, 0.2) is 6.07 Å². The highest BCUT2D eigenvalue weighted by Gasteiger charge is 2.19. The molecule has 0 aliphatic carbocycles. The Balaban J connectivity index is 2.12. The second-order valence-corrected chi connectivity index (χ2v) is 5.00. The summed E-state index contributed by atoms with van der Waals surface area (Å²) in [7, 11) is 3.21. The molecule has 0 radical (unpaired) electrons. The number of anilines is 1. The highest BCUT2D eigenvalue weighted by atomic mass is 16.5. The quantitative estimate of drug-likeness (QED) is 0.848. The molecule has 1 aliphatic heterocycles. The summed E-state index contributed by atoms with van der Waals surface area (Å²) in [5.74, 6) is 2.39. The second kappa shape index (κ2) is 7.28. The summed E-state index contributed by atoms with van der Waals surface area (Å²) < 4.78 is 10.4. The number of hydrogen-bond donors (Lipinski definition) is 1. The fraction of sp³-hybridized carbons (Fsp3) is 0.714. The molecule has 0 aromatic carbocycles. The number of hydrogen-bond acceptors (Lipinski definition) is 6. The topological polar surface area (TPSA) is 59.5 Å². The van der Waals surface area contributed by atoms with Crippen LogP contribution in [0, 0.1) is 5.92 Å². The summed E-state index contributed by atoms with van der Waals surface area (Å²) in [6.45, 7) is 6.14. The van der Waals surface area contributed by atoms with Gasteiger partial charge in [-0.2, -0.15) is 9.97 Å². The summed E-state index contributed by atoms with van der Waals surface area (Å²) in [5.41, 5.74) is 0. The van der Waals surface area contributed by atoms with Crippen molar-refractivity contribution in [3.8, 4) is 11.8 Å². The second-order valence-electron chi connectivity index (χ2n) is 5.00. The number of rotatable bonds is 6. The van der Waals surface area contributed by atoms with Gasteiger partial charge >= 0.3 is 0 Å². The number of ether oxygens (including phenoxy) is 2. The van der Waals surface area contributed by atoms with Crippen LogP contribution >= 0.6 is 0 Å². The van der Waals surface area contributed by atoms with Crippen molar-refractivity contribution < 1.29 is 9.47 Å². The number of methoxy groups -OCH3 is 2. The Labute approximate surface area is 120 Å². The first-order chi connectivity index (χ1) is 9.76. The lowest BCUT2D eigenvalue weighted by Crippen LogP contribution is -2.39. The van der Waals surface area contributed by atoms with E-state index in [1.165, 1.54) is 12.8 Å². The molecule has 1 aromatic heterocycles. The molecule has 6 nitrogen and oxygen atoms in total. The standard InChI is InChI=1S/C14H24N4O2/c1-4-18(10-11-6-5-7-15-9-11)14-16-12(19-2)8-13(17-14)20-3/h8,11,15H,4-7,9-10H2,1-3H3. The number of nitrogens with zero attached hydrogens (tertiary/aromatic N) is 3. The van der Waals surface area contributed by atoms with Crippen LogP contribution in [0.3, 0.4) is 0 Å². The van der Waals surface area contributed by atoms with Crippen LogP contribution in [0.1, 0.15) is 19.8 Å². The van der Waals surface area contributed by atoms with Gasteiger partial charge in [-0.3, -0.25) is 0 Å². The van der Waals surface area contributed by atoms with E-state index in [0.29, 0.717) is 23.6 Å². The first-order valence-corrected chi connectivity index (χ1v) is 7.19. The van der Waals surface area contributed by atoms with Crippen molar-refractivity contribution >= 4 is 5.95 Å². The predicted octanol–water partition coefficient (Wildman–Crippen LogP) is 1.32. The minimum absolute atomic E-state index is 0.534. The molecule has 20 heavy (non-hydrogen) atoms. The fourth-order valence-electron chi connectivity index (χ4n) is 2.49. The van der Waals surface area contributed by atoms with Gasteiger partial charge in [0.25, 0.3) is 0 Å². The van der Waals surface area contributed by atoms with Crippen LogP contribution < -0.4 is 19.7 Å². The van der Waals surface area contributed by atoms with Gasteiger partial charge in [-0.05, 0) is 38.8 Å². The number of piperidine rings is 1. The minimum Gasteiger partial charge on any atom is -0.481 e. The Hall–Kier alpha value is -1.56. The Kier molecular flexibility index (Phi) is 5.40. The van der Waals surface area contributed by atoms with Gasteiger partial charge < -0.3 is 19.7 Å². The maximum atomic E-state index is 5.21. The van der Waals surface area contributed by atoms with Gasteiger partial charge in [0.1, 0.15) is 0 Å². The Morgan fingerprint density at radius 3 is 2.50 bits per heavy atom. The lowest BCUT2D eigenvalue weighted by atomic mass is 9.99. The van der Waals surface area contributed by atoms with Crippen LogP contribution in [-0.2, 0) is 0 Å². The minimum atomic E-state index is 0.534. The molecule has 1 N–H and O–H groups in total. The molecule has 1 fully saturated rings. The van der Waals surface area contributed by atoms with Gasteiger partial charge in [0, 0.05) is 13.1 Å². The van der Waals surface area contributed by atoms with Crippen molar-refractivity contribution in [2.75, 3.05) is 45.3 Å². The number of aromatic nitrogens is 2. The molecular weight excluding hydrogens is 256 g/mol. The zero-order valence-corrected chi connectivity index (χ0v) is 12.6. The highest BCUT2D eigenvalue weighted by Crippen LogP contribution is 2.22. The van der Waals surface area contributed by atoms with Gasteiger partial charge in [-0.1, -0.05) is 0 Å². The third kappa shape index (κ3) is 3.72. The molecule has 0 amide bonds. The first kappa shape index (κ1) is 14.8. The van der Waals surface area contributed by atoms with Gasteiger partial charge in [0.2, 0.25) is 17.7 Å². The van der Waals surface area contributed by atoms with Gasteiger partial charge in [-0.25, -0.2) is 0 Å². The van der Waals surface area contributed by atoms with Crippen LogP contribution in [0.25, 0.3) is 0 Å². The van der Waals surface area contributed by atoms with E-state index in [9.17, 15) is 0 Å². The van der Waals surface area contributed by atoms with Crippen molar-refractivity contribution in [1.29, 1.82) is 0 Å². The highest BCUT2D eigenvalue weighted by molar-refractivity contribution is 5.36. The van der Waals surface area contributed by atoms with Crippen LogP contribution in [0.2, 0.25) is 0 Å². The van der Waals surface area contributed by atoms with Crippen molar-refractivity contribution in [2.24, 2.45) is 5.92 Å². The largest absolute Gasteiger partial charge is 0.481 e. The Morgan fingerprint density at radius 2 is 2.00 bits per heavy atom. The molecule has 0 bridgehead atoms. The maximum absolute atomic E-state index is 5.21. The fourth-order valence-corrected chi connectivity index (χ4v) is 2.49. The average Bonchev–Trinajstić information content (AvgIpc) is 2.53. The monoisotopic (exact) mass is 280 g/mol. The van der Waals surface area contributed by atoms with Crippen LogP contribution in [0.4, 0.5) is 5.95 Å². The van der Waals surface area contributed by atoms with Crippen molar-refractivity contribution in [3.05, 3.63) is 6.07 Å². The van der Waals surface area contributed by atoms with Crippen molar-refractivity contribution in [2.45, 2.75) is 19.8 Å². The van der Waals surface area contributed by atoms with E-state index >= 15 is 0 Å². The van der Waals surface area contributed by atoms with E-state index in [2.05, 4.69) is 27.1 Å². The van der Waals surface area contributed by atoms with Gasteiger partial charge in [0.15, 0.2) is 0 Å². The van der Waals surface area contributed by atoms with Crippen molar-refractivity contribution in [3.63, 3.8) is 0 Å². The first-order valence-electron chi connectivity index (χ1n) is 7.19. The third-order valence-corrected chi connectivity index (χ3v) is 3.63. The normalized spacial score (nSPS) is 18.6. The number of nitrogens with one attached hydrogen (secondary N) is 1. The lowest BCUT2D eigenvalue weighted by molar-refractivity contribution is 0.364. The van der Waals surface area contributed by atoms with Gasteiger partial charge in [0.05, 0.1) is 20.3 Å². The molecule has 1 saturated heterocycles. The van der Waals surface area contributed by atoms with E-state index in [0.717, 1.165) is 26.2 Å². The Bertz CT molecular complexity index is 399. The van der Waals surface area contributed by atoms with E-state index in [-0.39, 0.29) is 0 Å². The molecule has 1 unspecified atom stereocenters. The van der Waals surface area contributed by atoms with E-state index in [1.54, 1.807) is 20.3 Å². The van der Waals surface area contributed by atoms with Crippen LogP contribution in [0.5, 0.6) is 11.8 Å². The van der Waals surface area contributed by atoms with E-state index in [1.807, 2.05) is 0 Å². The summed E-state index contributed by atoms with van der Waals surface area (Å²) in [4.78, 5) is 11.0. The zero-order chi connectivity index (χ0) is 14.4. The molecule has 6 heteroatoms. The van der Waals surface area contributed by atoms with Crippen LogP contribution in [-0.4, -0.2) is 50.4 Å². The summed E-state index contributed by atoms with van der Waals surface area (Å²) in [6, 6.07) is 1.69. The molecule has 1 atom stereocenters. The summed E-state index contributed by atoms with van der Waals surface area (Å²) >= 11 is 0. The molecule has 2 heterocycles. The lowest BCUT2D eigenvalue weighted by Gasteiger charge is -2.29. The van der Waals surface area contributed by atoms with E-state index < -0.39 is 0 Å².